The van der Waals surface area contributed by atoms with Crippen molar-refractivity contribution < 1.29 is 13.9 Å². The lowest BCUT2D eigenvalue weighted by Crippen LogP contribution is -2.41. The van der Waals surface area contributed by atoms with Gasteiger partial charge >= 0.3 is 0 Å². The van der Waals surface area contributed by atoms with Crippen LogP contribution in [0, 0.1) is 5.82 Å². The van der Waals surface area contributed by atoms with E-state index in [9.17, 15) is 9.18 Å². The third-order valence-electron chi connectivity index (χ3n) is 3.10. The summed E-state index contributed by atoms with van der Waals surface area (Å²) >= 11 is 0. The number of carbonyl (C=O) groups is 1. The van der Waals surface area contributed by atoms with Crippen LogP contribution in [-0.4, -0.2) is 20.1 Å². The molecule has 1 aromatic carbocycles. The number of hydrazine groups is 1. The number of nitrogens with one attached hydrogen (secondary N) is 2. The highest BCUT2D eigenvalue weighted by atomic mass is 19.1. The third kappa shape index (κ3) is 1.98. The number of rotatable bonds is 4. The number of ether oxygens (including phenoxy) is 1. The molecule has 0 aromatic heterocycles. The summed E-state index contributed by atoms with van der Waals surface area (Å²) in [5.41, 5.74) is 5.13. The number of carbonyl (C=O) groups excluding carboxylic acids is 1. The molecule has 4 nitrogen and oxygen atoms in total. The molecular formula is C12H15FN2O2. The van der Waals surface area contributed by atoms with E-state index in [1.807, 2.05) is 0 Å². The molecule has 17 heavy (non-hydrogen) atoms. The number of methoxy groups -OCH3 is 1. The molecule has 0 radical (unpaired) electrons. The van der Waals surface area contributed by atoms with Gasteiger partial charge in [0.05, 0.1) is 12.5 Å². The second-order valence-corrected chi connectivity index (χ2v) is 4.13. The van der Waals surface area contributed by atoms with E-state index in [1.54, 1.807) is 13.1 Å². The van der Waals surface area contributed by atoms with Crippen LogP contribution in [0.3, 0.4) is 0 Å². The predicted octanol–water partition coefficient (Wildman–Crippen LogP) is 1.12. The van der Waals surface area contributed by atoms with Gasteiger partial charge in [-0.05, 0) is 31.0 Å². The largest absolute Gasteiger partial charge is 0.496 e. The summed E-state index contributed by atoms with van der Waals surface area (Å²) in [4.78, 5) is 12.0. The molecule has 0 spiro atoms. The van der Waals surface area contributed by atoms with Crippen LogP contribution in [0.2, 0.25) is 0 Å². The van der Waals surface area contributed by atoms with Gasteiger partial charge in [0, 0.05) is 12.6 Å². The van der Waals surface area contributed by atoms with E-state index in [1.165, 1.54) is 19.2 Å². The maximum Gasteiger partial charge on any atom is 0.244 e. The van der Waals surface area contributed by atoms with Crippen molar-refractivity contribution in [3.8, 4) is 5.75 Å². The van der Waals surface area contributed by atoms with Crippen LogP contribution in [-0.2, 0) is 10.2 Å². The molecule has 1 aliphatic rings. The first-order chi connectivity index (χ1) is 8.14. The lowest BCUT2D eigenvalue weighted by atomic mass is 9.94. The lowest BCUT2D eigenvalue weighted by molar-refractivity contribution is -0.124. The molecule has 1 aliphatic carbocycles. The molecule has 1 aromatic rings. The summed E-state index contributed by atoms with van der Waals surface area (Å²) < 4.78 is 18.5. The zero-order valence-corrected chi connectivity index (χ0v) is 9.84. The standard InChI is InChI=1S/C12H15FN2O2/c1-14-15-11(16)12(5-6-12)9-7-8(13)3-4-10(9)17-2/h3-4,7,14H,5-6H2,1-2H3,(H,15,16). The monoisotopic (exact) mass is 238 g/mol. The van der Waals surface area contributed by atoms with Crippen molar-refractivity contribution in [2.75, 3.05) is 14.2 Å². The summed E-state index contributed by atoms with van der Waals surface area (Å²) in [6.07, 6.45) is 1.42. The summed E-state index contributed by atoms with van der Waals surface area (Å²) in [6, 6.07) is 4.26. The number of hydrogen-bond acceptors (Lipinski definition) is 3. The summed E-state index contributed by atoms with van der Waals surface area (Å²) in [6.45, 7) is 0. The number of halogens is 1. The SMILES string of the molecule is CNNC(=O)C1(c2cc(F)ccc2OC)CC1. The summed E-state index contributed by atoms with van der Waals surface area (Å²) in [5, 5.41) is 0. The van der Waals surface area contributed by atoms with Crippen molar-refractivity contribution in [1.82, 2.24) is 10.9 Å². The normalized spacial score (nSPS) is 16.4. The molecule has 0 aliphatic heterocycles. The summed E-state index contributed by atoms with van der Waals surface area (Å²) in [5.74, 6) is 0.0448. The first kappa shape index (κ1) is 11.9. The zero-order valence-electron chi connectivity index (χ0n) is 9.84. The smallest absolute Gasteiger partial charge is 0.244 e. The number of benzene rings is 1. The molecular weight excluding hydrogens is 223 g/mol. The van der Waals surface area contributed by atoms with Gasteiger partial charge in [0.2, 0.25) is 5.91 Å². The summed E-state index contributed by atoms with van der Waals surface area (Å²) in [7, 11) is 3.14. The van der Waals surface area contributed by atoms with Crippen molar-refractivity contribution in [2.45, 2.75) is 18.3 Å². The van der Waals surface area contributed by atoms with Crippen LogP contribution in [0.1, 0.15) is 18.4 Å². The average Bonchev–Trinajstić information content (AvgIpc) is 3.10. The number of hydrogen-bond donors (Lipinski definition) is 2. The van der Waals surface area contributed by atoms with Gasteiger partial charge in [0.15, 0.2) is 0 Å². The van der Waals surface area contributed by atoms with Gasteiger partial charge in [-0.15, -0.1) is 0 Å². The Morgan fingerprint density at radius 1 is 1.47 bits per heavy atom. The maximum atomic E-state index is 13.3. The van der Waals surface area contributed by atoms with E-state index in [2.05, 4.69) is 10.9 Å². The lowest BCUT2D eigenvalue weighted by Gasteiger charge is -2.18. The molecule has 0 bridgehead atoms. The molecule has 0 unspecified atom stereocenters. The average molecular weight is 238 g/mol. The van der Waals surface area contributed by atoms with Crippen molar-refractivity contribution in [3.63, 3.8) is 0 Å². The molecule has 5 heteroatoms. The van der Waals surface area contributed by atoms with Crippen molar-refractivity contribution >= 4 is 5.91 Å². The third-order valence-corrected chi connectivity index (χ3v) is 3.10. The maximum absolute atomic E-state index is 13.3. The van der Waals surface area contributed by atoms with Gasteiger partial charge in [-0.2, -0.15) is 0 Å². The first-order valence-electron chi connectivity index (χ1n) is 5.45. The van der Waals surface area contributed by atoms with E-state index in [-0.39, 0.29) is 11.7 Å². The highest BCUT2D eigenvalue weighted by Crippen LogP contribution is 2.51. The first-order valence-corrected chi connectivity index (χ1v) is 5.45. The Hall–Kier alpha value is -1.62. The fourth-order valence-electron chi connectivity index (χ4n) is 2.03. The molecule has 92 valence electrons. The Morgan fingerprint density at radius 2 is 2.18 bits per heavy atom. The minimum atomic E-state index is -0.642. The van der Waals surface area contributed by atoms with Crippen LogP contribution in [0.5, 0.6) is 5.75 Å². The number of amides is 1. The molecule has 2 N–H and O–H groups in total. The van der Waals surface area contributed by atoms with Crippen LogP contribution in [0.4, 0.5) is 4.39 Å². The predicted molar refractivity (Wildman–Crippen MR) is 61.1 cm³/mol. The van der Waals surface area contributed by atoms with E-state index in [0.717, 1.165) is 0 Å². The Morgan fingerprint density at radius 3 is 2.71 bits per heavy atom. The molecule has 0 atom stereocenters. The highest BCUT2D eigenvalue weighted by molar-refractivity contribution is 5.91. The van der Waals surface area contributed by atoms with Crippen molar-refractivity contribution in [1.29, 1.82) is 0 Å². The molecule has 0 saturated heterocycles. The zero-order chi connectivity index (χ0) is 12.5. The van der Waals surface area contributed by atoms with Crippen molar-refractivity contribution in [2.24, 2.45) is 0 Å². The van der Waals surface area contributed by atoms with Gasteiger partial charge in [0.1, 0.15) is 11.6 Å². The van der Waals surface area contributed by atoms with Gasteiger partial charge < -0.3 is 4.74 Å². The van der Waals surface area contributed by atoms with E-state index in [4.69, 9.17) is 4.74 Å². The molecule has 2 rings (SSSR count). The fraction of sp³-hybridized carbons (Fsp3) is 0.417. The van der Waals surface area contributed by atoms with Crippen LogP contribution >= 0.6 is 0 Å². The van der Waals surface area contributed by atoms with Crippen LogP contribution in [0.15, 0.2) is 18.2 Å². The second kappa shape index (κ2) is 4.33. The Kier molecular flexibility index (Phi) is 3.02. The molecule has 1 fully saturated rings. The quantitative estimate of drug-likeness (QED) is 0.773. The van der Waals surface area contributed by atoms with Crippen LogP contribution in [0.25, 0.3) is 0 Å². The van der Waals surface area contributed by atoms with E-state index < -0.39 is 5.41 Å². The Balaban J connectivity index is 2.39. The molecule has 1 saturated carbocycles. The van der Waals surface area contributed by atoms with Gasteiger partial charge in [0.25, 0.3) is 0 Å². The van der Waals surface area contributed by atoms with Gasteiger partial charge in [-0.25, -0.2) is 9.82 Å². The Labute approximate surface area is 99.1 Å². The highest BCUT2D eigenvalue weighted by Gasteiger charge is 2.53. The van der Waals surface area contributed by atoms with Crippen molar-refractivity contribution in [3.05, 3.63) is 29.6 Å². The topological polar surface area (TPSA) is 50.4 Å². The minimum absolute atomic E-state index is 0.149. The van der Waals surface area contributed by atoms with E-state index >= 15 is 0 Å². The fourth-order valence-corrected chi connectivity index (χ4v) is 2.03. The van der Waals surface area contributed by atoms with Crippen LogP contribution < -0.4 is 15.6 Å². The second-order valence-electron chi connectivity index (χ2n) is 4.13. The van der Waals surface area contributed by atoms with E-state index in [0.29, 0.717) is 24.2 Å². The van der Waals surface area contributed by atoms with Gasteiger partial charge in [-0.1, -0.05) is 0 Å². The Bertz CT molecular complexity index is 444. The molecule has 1 amide bonds. The minimum Gasteiger partial charge on any atom is -0.496 e. The molecule has 0 heterocycles. The van der Waals surface area contributed by atoms with Gasteiger partial charge in [-0.3, -0.25) is 10.2 Å².